The molecule has 2 N–H and O–H groups in total. The summed E-state index contributed by atoms with van der Waals surface area (Å²) >= 11 is 12.2. The topological polar surface area (TPSA) is 116 Å². The maximum absolute atomic E-state index is 13.2. The Morgan fingerprint density at radius 1 is 1.19 bits per heavy atom. The van der Waals surface area contributed by atoms with Crippen molar-refractivity contribution in [1.29, 1.82) is 0 Å². The van der Waals surface area contributed by atoms with Crippen LogP contribution in [-0.4, -0.2) is 44.0 Å². The first-order chi connectivity index (χ1) is 14.7. The number of nitrogens with one attached hydrogen (secondary N) is 1. The van der Waals surface area contributed by atoms with E-state index in [2.05, 4.69) is 4.98 Å². The number of aliphatic carboxylic acids is 1. The van der Waals surface area contributed by atoms with Crippen LogP contribution in [0.3, 0.4) is 0 Å². The SMILES string of the molecule is Cn1c(=O)[nH]c2cc(N3CC(C(=O)O)C(=O)N(Cc4cccc(Cl)c4Cl)C3=O)ccc21. The molecule has 0 spiro atoms. The summed E-state index contributed by atoms with van der Waals surface area (Å²) in [5, 5.41) is 10.00. The van der Waals surface area contributed by atoms with Gasteiger partial charge in [0, 0.05) is 19.3 Å². The van der Waals surface area contributed by atoms with Gasteiger partial charge in [-0.05, 0) is 29.8 Å². The Morgan fingerprint density at radius 2 is 1.94 bits per heavy atom. The molecule has 160 valence electrons. The van der Waals surface area contributed by atoms with Gasteiger partial charge in [0.1, 0.15) is 0 Å². The molecule has 2 aromatic carbocycles. The molecule has 1 saturated heterocycles. The number of urea groups is 1. The van der Waals surface area contributed by atoms with Gasteiger partial charge in [0.15, 0.2) is 5.92 Å². The van der Waals surface area contributed by atoms with Crippen LogP contribution in [0.15, 0.2) is 41.2 Å². The second-order valence-corrected chi connectivity index (χ2v) is 7.90. The molecule has 3 amide bonds. The van der Waals surface area contributed by atoms with Gasteiger partial charge < -0.3 is 10.1 Å². The monoisotopic (exact) mass is 462 g/mol. The summed E-state index contributed by atoms with van der Waals surface area (Å²) in [6, 6.07) is 8.88. The van der Waals surface area contributed by atoms with Crippen LogP contribution in [0.2, 0.25) is 10.0 Å². The number of carbonyl (C=O) groups excluding carboxylic acids is 2. The lowest BCUT2D eigenvalue weighted by atomic mass is 10.0. The van der Waals surface area contributed by atoms with Crippen LogP contribution < -0.4 is 10.6 Å². The summed E-state index contributed by atoms with van der Waals surface area (Å²) in [5.41, 5.74) is 1.52. The number of hydrogen-bond donors (Lipinski definition) is 2. The first-order valence-corrected chi connectivity index (χ1v) is 9.92. The lowest BCUT2D eigenvalue weighted by molar-refractivity contribution is -0.150. The van der Waals surface area contributed by atoms with Gasteiger partial charge in [-0.25, -0.2) is 9.59 Å². The number of aryl methyl sites for hydroxylation is 1. The highest BCUT2D eigenvalue weighted by Crippen LogP contribution is 2.30. The number of benzene rings is 2. The van der Waals surface area contributed by atoms with Crippen molar-refractivity contribution in [3.63, 3.8) is 0 Å². The number of aromatic nitrogens is 2. The molecule has 1 unspecified atom stereocenters. The number of amides is 3. The van der Waals surface area contributed by atoms with Crippen LogP contribution in [0.5, 0.6) is 0 Å². The molecule has 31 heavy (non-hydrogen) atoms. The number of rotatable bonds is 4. The van der Waals surface area contributed by atoms with Crippen LogP contribution in [-0.2, 0) is 23.2 Å². The zero-order valence-electron chi connectivity index (χ0n) is 16.1. The standard InChI is InChI=1S/C20H16Cl2N4O5/c1-24-15-6-5-11(7-14(15)23-19(24)30)25-9-12(18(28)29)17(27)26(20(25)31)8-10-3-2-4-13(21)16(10)22/h2-7,12H,8-9H2,1H3,(H,23,30)(H,28,29). The van der Waals surface area contributed by atoms with Gasteiger partial charge in [-0.3, -0.25) is 24.0 Å². The van der Waals surface area contributed by atoms with Crippen molar-refractivity contribution >= 4 is 57.8 Å². The maximum Gasteiger partial charge on any atom is 0.331 e. The van der Waals surface area contributed by atoms with Crippen LogP contribution in [0.1, 0.15) is 5.56 Å². The first kappa shape index (κ1) is 21.0. The number of imidazole rings is 1. The van der Waals surface area contributed by atoms with Gasteiger partial charge in [-0.2, -0.15) is 0 Å². The van der Waals surface area contributed by atoms with Gasteiger partial charge in [-0.15, -0.1) is 0 Å². The van der Waals surface area contributed by atoms with Crippen molar-refractivity contribution in [2.75, 3.05) is 11.4 Å². The van der Waals surface area contributed by atoms with E-state index in [-0.39, 0.29) is 28.8 Å². The summed E-state index contributed by atoms with van der Waals surface area (Å²) in [4.78, 5) is 54.3. The van der Waals surface area contributed by atoms with Gasteiger partial charge in [0.2, 0.25) is 5.91 Å². The van der Waals surface area contributed by atoms with Crippen molar-refractivity contribution in [1.82, 2.24) is 14.5 Å². The summed E-state index contributed by atoms with van der Waals surface area (Å²) in [5.74, 6) is -3.64. The number of imide groups is 1. The third-order valence-electron chi connectivity index (χ3n) is 5.25. The van der Waals surface area contributed by atoms with Crippen LogP contribution in [0, 0.1) is 5.92 Å². The Kier molecular flexibility index (Phi) is 5.24. The molecule has 1 atom stereocenters. The largest absolute Gasteiger partial charge is 0.481 e. The van der Waals surface area contributed by atoms with Crippen molar-refractivity contribution in [2.45, 2.75) is 6.54 Å². The number of hydrogen-bond acceptors (Lipinski definition) is 4. The molecule has 0 radical (unpaired) electrons. The summed E-state index contributed by atoms with van der Waals surface area (Å²) in [6.45, 7) is -0.572. The fourth-order valence-corrected chi connectivity index (χ4v) is 3.93. The van der Waals surface area contributed by atoms with E-state index in [1.165, 1.54) is 9.47 Å². The molecule has 0 aliphatic carbocycles. The third-order valence-corrected chi connectivity index (χ3v) is 6.11. The van der Waals surface area contributed by atoms with E-state index in [9.17, 15) is 24.3 Å². The Hall–Kier alpha value is -3.30. The molecule has 2 heterocycles. The molecule has 1 aliphatic heterocycles. The summed E-state index contributed by atoms with van der Waals surface area (Å²) in [7, 11) is 1.60. The number of carboxylic acid groups (broad SMARTS) is 1. The Balaban J connectivity index is 1.75. The van der Waals surface area contributed by atoms with E-state index in [4.69, 9.17) is 23.2 Å². The molecular weight excluding hydrogens is 447 g/mol. The lowest BCUT2D eigenvalue weighted by Crippen LogP contribution is -2.58. The average molecular weight is 463 g/mol. The van der Waals surface area contributed by atoms with E-state index in [0.717, 1.165) is 4.90 Å². The molecule has 1 aromatic heterocycles. The van der Waals surface area contributed by atoms with E-state index >= 15 is 0 Å². The first-order valence-electron chi connectivity index (χ1n) is 9.16. The highest BCUT2D eigenvalue weighted by atomic mass is 35.5. The van der Waals surface area contributed by atoms with Crippen molar-refractivity contribution < 1.29 is 19.5 Å². The average Bonchev–Trinajstić information content (AvgIpc) is 3.01. The number of H-pyrrole nitrogens is 1. The molecule has 11 heteroatoms. The Labute approximate surface area is 185 Å². The fourth-order valence-electron chi connectivity index (χ4n) is 3.55. The van der Waals surface area contributed by atoms with Crippen molar-refractivity contribution in [3.8, 4) is 0 Å². The Morgan fingerprint density at radius 3 is 2.65 bits per heavy atom. The van der Waals surface area contributed by atoms with E-state index in [1.807, 2.05) is 0 Å². The minimum atomic E-state index is -1.46. The number of anilines is 1. The molecule has 0 saturated carbocycles. The summed E-state index contributed by atoms with van der Waals surface area (Å²) in [6.07, 6.45) is 0. The van der Waals surface area contributed by atoms with Gasteiger partial charge in [0.25, 0.3) is 0 Å². The maximum atomic E-state index is 13.2. The van der Waals surface area contributed by atoms with Gasteiger partial charge >= 0.3 is 17.7 Å². The molecule has 3 aromatic rings. The highest BCUT2D eigenvalue weighted by molar-refractivity contribution is 6.42. The van der Waals surface area contributed by atoms with Crippen LogP contribution >= 0.6 is 23.2 Å². The quantitative estimate of drug-likeness (QED) is 0.578. The molecule has 1 fully saturated rings. The van der Waals surface area contributed by atoms with Crippen LogP contribution in [0.4, 0.5) is 10.5 Å². The summed E-state index contributed by atoms with van der Waals surface area (Å²) < 4.78 is 1.41. The number of fused-ring (bicyclic) bond motifs is 1. The zero-order chi connectivity index (χ0) is 22.4. The number of carbonyl (C=O) groups is 3. The van der Waals surface area contributed by atoms with E-state index in [0.29, 0.717) is 22.3 Å². The number of aromatic amines is 1. The number of nitrogens with zero attached hydrogens (tertiary/aromatic N) is 3. The highest BCUT2D eigenvalue weighted by Gasteiger charge is 2.43. The van der Waals surface area contributed by atoms with Gasteiger partial charge in [0.05, 0.1) is 27.6 Å². The predicted molar refractivity (Wildman–Crippen MR) is 114 cm³/mol. The van der Waals surface area contributed by atoms with Crippen molar-refractivity contribution in [3.05, 3.63) is 62.5 Å². The minimum Gasteiger partial charge on any atom is -0.481 e. The van der Waals surface area contributed by atoms with E-state index in [1.54, 1.807) is 43.4 Å². The molecule has 4 rings (SSSR count). The minimum absolute atomic E-state index is 0.178. The third kappa shape index (κ3) is 3.55. The van der Waals surface area contributed by atoms with Crippen LogP contribution in [0.25, 0.3) is 11.0 Å². The molecular formula is C20H16Cl2N4O5. The predicted octanol–water partition coefficient (Wildman–Crippen LogP) is 2.84. The smallest absolute Gasteiger partial charge is 0.331 e. The Bertz CT molecular complexity index is 1300. The lowest BCUT2D eigenvalue weighted by Gasteiger charge is -2.37. The number of carboxylic acids is 1. The second-order valence-electron chi connectivity index (χ2n) is 7.11. The van der Waals surface area contributed by atoms with E-state index < -0.39 is 23.8 Å². The zero-order valence-corrected chi connectivity index (χ0v) is 17.6. The molecule has 9 nitrogen and oxygen atoms in total. The number of halogens is 2. The fraction of sp³-hybridized carbons (Fsp3) is 0.200. The normalized spacial score (nSPS) is 16.9. The molecule has 0 bridgehead atoms. The second kappa shape index (κ2) is 7.75. The van der Waals surface area contributed by atoms with Crippen molar-refractivity contribution in [2.24, 2.45) is 13.0 Å². The molecule has 1 aliphatic rings. The van der Waals surface area contributed by atoms with Gasteiger partial charge in [-0.1, -0.05) is 35.3 Å².